The summed E-state index contributed by atoms with van der Waals surface area (Å²) in [4.78, 5) is 0. The summed E-state index contributed by atoms with van der Waals surface area (Å²) in [5, 5.41) is 0. The second-order valence-corrected chi connectivity index (χ2v) is 8.26. The van der Waals surface area contributed by atoms with Crippen LogP contribution in [0.4, 0.5) is 0 Å². The minimum absolute atomic E-state index is 0.508. The predicted octanol–water partition coefficient (Wildman–Crippen LogP) is 5.85. The molecule has 3 aliphatic rings. The fraction of sp³-hybridized carbons (Fsp3) is 0.800. The highest BCUT2D eigenvalue weighted by Crippen LogP contribution is 2.63. The molecule has 1 spiro atoms. The zero-order valence-corrected chi connectivity index (χ0v) is 14.0. The van der Waals surface area contributed by atoms with Crippen LogP contribution in [0.25, 0.3) is 0 Å². The first-order valence-electron chi connectivity index (χ1n) is 8.87. The molecule has 3 rings (SSSR count). The van der Waals surface area contributed by atoms with Crippen LogP contribution in [0.5, 0.6) is 0 Å². The Balaban J connectivity index is 2.11. The van der Waals surface area contributed by atoms with E-state index in [-0.39, 0.29) is 0 Å². The summed E-state index contributed by atoms with van der Waals surface area (Å²) in [6.45, 7) is 12.3. The van der Waals surface area contributed by atoms with E-state index in [2.05, 4.69) is 52.8 Å². The Morgan fingerprint density at radius 2 is 1.80 bits per heavy atom. The van der Waals surface area contributed by atoms with Gasteiger partial charge in [0.2, 0.25) is 0 Å². The third kappa shape index (κ3) is 1.94. The van der Waals surface area contributed by atoms with Crippen molar-refractivity contribution in [1.82, 2.24) is 0 Å². The van der Waals surface area contributed by atoms with Crippen LogP contribution in [0, 0.1) is 40.9 Å². The third-order valence-corrected chi connectivity index (χ3v) is 6.85. The molecule has 2 fully saturated rings. The fourth-order valence-electron chi connectivity index (χ4n) is 5.71. The van der Waals surface area contributed by atoms with E-state index < -0.39 is 0 Å². The zero-order valence-electron chi connectivity index (χ0n) is 14.0. The van der Waals surface area contributed by atoms with Crippen LogP contribution in [0.3, 0.4) is 0 Å². The van der Waals surface area contributed by atoms with Gasteiger partial charge in [-0.2, -0.15) is 0 Å². The third-order valence-electron chi connectivity index (χ3n) is 6.85. The first-order valence-corrected chi connectivity index (χ1v) is 8.87. The summed E-state index contributed by atoms with van der Waals surface area (Å²) >= 11 is 0. The normalized spacial score (nSPS) is 47.7. The maximum Gasteiger partial charge on any atom is 0.000603 e. The highest BCUT2D eigenvalue weighted by atomic mass is 14.6. The highest BCUT2D eigenvalue weighted by molar-refractivity contribution is 5.32. The lowest BCUT2D eigenvalue weighted by Crippen LogP contribution is -2.44. The monoisotopic (exact) mass is 272 g/mol. The van der Waals surface area contributed by atoms with Crippen molar-refractivity contribution in [2.75, 3.05) is 0 Å². The van der Waals surface area contributed by atoms with Gasteiger partial charge in [-0.05, 0) is 61.2 Å². The number of allylic oxidation sites excluding steroid dienone is 4. The lowest BCUT2D eigenvalue weighted by atomic mass is 9.52. The standard InChI is InChI=1S/C20H32/c1-13(2)17-8-7-16(5)20-11-10-15(4)19(20)12-14(3)6-9-18(17)20/h6,9,12-18H,7-8,10-11H2,1-5H3/t14?,15-,16+,17-,18+,20-/m0/s1. The topological polar surface area (TPSA) is 0 Å². The molecule has 0 heteroatoms. The Hall–Kier alpha value is -0.520. The van der Waals surface area contributed by atoms with E-state index in [1.54, 1.807) is 0 Å². The average molecular weight is 272 g/mol. The van der Waals surface area contributed by atoms with E-state index in [1.807, 2.05) is 5.57 Å². The van der Waals surface area contributed by atoms with Crippen molar-refractivity contribution in [3.8, 4) is 0 Å². The van der Waals surface area contributed by atoms with Crippen LogP contribution in [0.1, 0.15) is 60.3 Å². The summed E-state index contributed by atoms with van der Waals surface area (Å²) in [6.07, 6.45) is 13.5. The summed E-state index contributed by atoms with van der Waals surface area (Å²) < 4.78 is 0. The van der Waals surface area contributed by atoms with E-state index in [0.717, 1.165) is 29.6 Å². The van der Waals surface area contributed by atoms with Gasteiger partial charge in [0.15, 0.2) is 0 Å². The maximum absolute atomic E-state index is 2.63. The van der Waals surface area contributed by atoms with Crippen molar-refractivity contribution < 1.29 is 0 Å². The van der Waals surface area contributed by atoms with Gasteiger partial charge in [-0.1, -0.05) is 58.4 Å². The van der Waals surface area contributed by atoms with Crippen molar-refractivity contribution in [2.24, 2.45) is 40.9 Å². The van der Waals surface area contributed by atoms with Gasteiger partial charge < -0.3 is 0 Å². The second kappa shape index (κ2) is 5.04. The molecule has 0 nitrogen and oxygen atoms in total. The Morgan fingerprint density at radius 1 is 1.05 bits per heavy atom. The fourth-order valence-corrected chi connectivity index (χ4v) is 5.71. The quantitative estimate of drug-likeness (QED) is 0.525. The van der Waals surface area contributed by atoms with Gasteiger partial charge in [-0.3, -0.25) is 0 Å². The van der Waals surface area contributed by atoms with Crippen molar-refractivity contribution >= 4 is 0 Å². The Bertz CT molecular complexity index is 427. The lowest BCUT2D eigenvalue weighted by molar-refractivity contribution is 0.0348. The molecule has 0 heterocycles. The second-order valence-electron chi connectivity index (χ2n) is 8.26. The molecule has 3 aliphatic carbocycles. The van der Waals surface area contributed by atoms with E-state index in [0.29, 0.717) is 11.3 Å². The van der Waals surface area contributed by atoms with Gasteiger partial charge in [-0.15, -0.1) is 0 Å². The summed E-state index contributed by atoms with van der Waals surface area (Å²) in [5.41, 5.74) is 2.34. The largest absolute Gasteiger partial charge is 0.0837 e. The van der Waals surface area contributed by atoms with E-state index in [9.17, 15) is 0 Å². The molecule has 0 aromatic heterocycles. The molecular weight excluding hydrogens is 240 g/mol. The van der Waals surface area contributed by atoms with Gasteiger partial charge in [-0.25, -0.2) is 0 Å². The predicted molar refractivity (Wildman–Crippen MR) is 87.4 cm³/mol. The van der Waals surface area contributed by atoms with Crippen molar-refractivity contribution in [3.63, 3.8) is 0 Å². The van der Waals surface area contributed by atoms with Crippen LogP contribution in [-0.2, 0) is 0 Å². The molecule has 0 aromatic rings. The molecule has 0 saturated heterocycles. The van der Waals surface area contributed by atoms with Gasteiger partial charge in [0, 0.05) is 5.41 Å². The summed E-state index contributed by atoms with van der Waals surface area (Å²) in [5.74, 6) is 4.82. The Morgan fingerprint density at radius 3 is 2.50 bits per heavy atom. The molecular formula is C20H32. The molecule has 0 N–H and O–H groups in total. The molecule has 6 atom stereocenters. The molecule has 20 heavy (non-hydrogen) atoms. The van der Waals surface area contributed by atoms with E-state index >= 15 is 0 Å². The SMILES string of the molecule is CC1C=C[C@@H]2[C@H](C(C)C)CC[C@@H](C)[C@@]23CC[C@H](C)C3=C1. The van der Waals surface area contributed by atoms with Crippen LogP contribution in [-0.4, -0.2) is 0 Å². The first kappa shape index (κ1) is 14.4. The Kier molecular flexibility index (Phi) is 3.63. The van der Waals surface area contributed by atoms with Crippen LogP contribution < -0.4 is 0 Å². The smallest absolute Gasteiger partial charge is 0.000603 e. The molecule has 2 saturated carbocycles. The summed E-state index contributed by atoms with van der Waals surface area (Å²) in [7, 11) is 0. The van der Waals surface area contributed by atoms with E-state index in [1.165, 1.54) is 25.7 Å². The van der Waals surface area contributed by atoms with Crippen LogP contribution in [0.2, 0.25) is 0 Å². The van der Waals surface area contributed by atoms with Gasteiger partial charge in [0.05, 0.1) is 0 Å². The van der Waals surface area contributed by atoms with Crippen molar-refractivity contribution in [1.29, 1.82) is 0 Å². The zero-order chi connectivity index (χ0) is 14.5. The van der Waals surface area contributed by atoms with Gasteiger partial charge in [0.1, 0.15) is 0 Å². The molecule has 0 amide bonds. The van der Waals surface area contributed by atoms with Crippen molar-refractivity contribution in [2.45, 2.75) is 60.3 Å². The first-order chi connectivity index (χ1) is 9.46. The molecule has 112 valence electrons. The highest BCUT2D eigenvalue weighted by Gasteiger charge is 2.55. The molecule has 0 radical (unpaired) electrons. The minimum Gasteiger partial charge on any atom is -0.0837 e. The van der Waals surface area contributed by atoms with Crippen LogP contribution >= 0.6 is 0 Å². The van der Waals surface area contributed by atoms with E-state index in [4.69, 9.17) is 0 Å². The van der Waals surface area contributed by atoms with Gasteiger partial charge >= 0.3 is 0 Å². The lowest BCUT2D eigenvalue weighted by Gasteiger charge is -2.52. The number of hydrogen-bond acceptors (Lipinski definition) is 0. The number of hydrogen-bond donors (Lipinski definition) is 0. The minimum atomic E-state index is 0.508. The maximum atomic E-state index is 2.63. The van der Waals surface area contributed by atoms with Gasteiger partial charge in [0.25, 0.3) is 0 Å². The Labute approximate surface area is 125 Å². The molecule has 0 aromatic carbocycles. The molecule has 0 bridgehead atoms. The molecule has 0 aliphatic heterocycles. The summed E-state index contributed by atoms with van der Waals surface area (Å²) in [6, 6.07) is 0. The average Bonchev–Trinajstić information content (AvgIpc) is 2.62. The molecule has 1 unspecified atom stereocenters. The van der Waals surface area contributed by atoms with Crippen molar-refractivity contribution in [3.05, 3.63) is 23.8 Å². The van der Waals surface area contributed by atoms with Crippen LogP contribution in [0.15, 0.2) is 23.8 Å². The number of rotatable bonds is 1.